The van der Waals surface area contributed by atoms with Gasteiger partial charge in [0.2, 0.25) is 0 Å². The van der Waals surface area contributed by atoms with Gasteiger partial charge in [-0.1, -0.05) is 19.1 Å². The van der Waals surface area contributed by atoms with Crippen molar-refractivity contribution < 1.29 is 8.42 Å². The standard InChI is InChI=1S/C14H22N2O2S/c1-2-19(17,18)14-8-4-3-7-13(14)16-12-6-5-10-15-11-9-12/h3-4,7-8,12,15-16H,2,5-6,9-11H2,1H3. The van der Waals surface area contributed by atoms with Gasteiger partial charge < -0.3 is 10.6 Å². The molecule has 1 fully saturated rings. The highest BCUT2D eigenvalue weighted by Gasteiger charge is 2.18. The normalized spacial score (nSPS) is 20.8. The van der Waals surface area contributed by atoms with Crippen molar-refractivity contribution in [1.29, 1.82) is 0 Å². The summed E-state index contributed by atoms with van der Waals surface area (Å²) in [5.74, 6) is 0.137. The highest BCUT2D eigenvalue weighted by molar-refractivity contribution is 7.91. The van der Waals surface area contributed by atoms with E-state index >= 15 is 0 Å². The molecule has 1 aliphatic heterocycles. The van der Waals surface area contributed by atoms with E-state index in [1.807, 2.05) is 12.1 Å². The van der Waals surface area contributed by atoms with Crippen LogP contribution in [-0.2, 0) is 9.84 Å². The molecule has 0 spiro atoms. The van der Waals surface area contributed by atoms with Crippen LogP contribution in [0.1, 0.15) is 26.2 Å². The SMILES string of the molecule is CCS(=O)(=O)c1ccccc1NC1CCCNCC1. The Balaban J connectivity index is 2.20. The first-order valence-corrected chi connectivity index (χ1v) is 8.58. The molecule has 5 heteroatoms. The number of benzene rings is 1. The first kappa shape index (κ1) is 14.3. The van der Waals surface area contributed by atoms with Crippen LogP contribution in [0.3, 0.4) is 0 Å². The monoisotopic (exact) mass is 282 g/mol. The van der Waals surface area contributed by atoms with Crippen LogP contribution in [0.5, 0.6) is 0 Å². The number of nitrogens with one attached hydrogen (secondary N) is 2. The topological polar surface area (TPSA) is 58.2 Å². The van der Waals surface area contributed by atoms with Crippen LogP contribution in [0.15, 0.2) is 29.2 Å². The van der Waals surface area contributed by atoms with E-state index in [-0.39, 0.29) is 5.75 Å². The highest BCUT2D eigenvalue weighted by Crippen LogP contribution is 2.24. The van der Waals surface area contributed by atoms with E-state index in [0.29, 0.717) is 10.9 Å². The van der Waals surface area contributed by atoms with Gasteiger partial charge >= 0.3 is 0 Å². The average Bonchev–Trinajstić information content (AvgIpc) is 2.68. The molecule has 1 aliphatic rings. The molecule has 106 valence electrons. The van der Waals surface area contributed by atoms with Crippen LogP contribution in [0.25, 0.3) is 0 Å². The molecular formula is C14H22N2O2S. The van der Waals surface area contributed by atoms with Gasteiger partial charge in [0.05, 0.1) is 16.3 Å². The van der Waals surface area contributed by atoms with E-state index in [0.717, 1.165) is 38.0 Å². The summed E-state index contributed by atoms with van der Waals surface area (Å²) >= 11 is 0. The quantitative estimate of drug-likeness (QED) is 0.887. The summed E-state index contributed by atoms with van der Waals surface area (Å²) in [6.45, 7) is 3.72. The number of hydrogen-bond donors (Lipinski definition) is 2. The predicted octanol–water partition coefficient (Wildman–Crippen LogP) is 2.03. The minimum absolute atomic E-state index is 0.137. The van der Waals surface area contributed by atoms with Gasteiger partial charge in [-0.15, -0.1) is 0 Å². The van der Waals surface area contributed by atoms with Crippen molar-refractivity contribution in [3.05, 3.63) is 24.3 Å². The lowest BCUT2D eigenvalue weighted by atomic mass is 10.1. The lowest BCUT2D eigenvalue weighted by molar-refractivity contribution is 0.596. The molecule has 19 heavy (non-hydrogen) atoms. The second-order valence-electron chi connectivity index (χ2n) is 4.92. The maximum Gasteiger partial charge on any atom is 0.180 e. The third-order valence-corrected chi connectivity index (χ3v) is 5.32. The van der Waals surface area contributed by atoms with E-state index < -0.39 is 9.84 Å². The fourth-order valence-corrected chi connectivity index (χ4v) is 3.45. The Labute approximate surface area is 115 Å². The summed E-state index contributed by atoms with van der Waals surface area (Å²) in [6.07, 6.45) is 3.23. The lowest BCUT2D eigenvalue weighted by Gasteiger charge is -2.19. The molecule has 2 rings (SSSR count). The number of rotatable bonds is 4. The van der Waals surface area contributed by atoms with Crippen molar-refractivity contribution in [1.82, 2.24) is 5.32 Å². The zero-order valence-corrected chi connectivity index (χ0v) is 12.2. The summed E-state index contributed by atoms with van der Waals surface area (Å²) in [6, 6.07) is 7.56. The van der Waals surface area contributed by atoms with Crippen molar-refractivity contribution in [3.63, 3.8) is 0 Å². The van der Waals surface area contributed by atoms with Gasteiger partial charge in [-0.25, -0.2) is 8.42 Å². The third-order valence-electron chi connectivity index (χ3n) is 3.54. The first-order chi connectivity index (χ1) is 9.13. The molecule has 2 N–H and O–H groups in total. The smallest absolute Gasteiger partial charge is 0.180 e. The van der Waals surface area contributed by atoms with Crippen LogP contribution in [0.4, 0.5) is 5.69 Å². The Kier molecular flexibility index (Phi) is 4.82. The van der Waals surface area contributed by atoms with Crippen LogP contribution >= 0.6 is 0 Å². The number of anilines is 1. The molecule has 1 aromatic carbocycles. The van der Waals surface area contributed by atoms with E-state index in [1.54, 1.807) is 19.1 Å². The van der Waals surface area contributed by atoms with Gasteiger partial charge in [-0.05, 0) is 44.5 Å². The summed E-state index contributed by atoms with van der Waals surface area (Å²) in [4.78, 5) is 0.426. The lowest BCUT2D eigenvalue weighted by Crippen LogP contribution is -2.22. The van der Waals surface area contributed by atoms with Gasteiger partial charge in [0.25, 0.3) is 0 Å². The third kappa shape index (κ3) is 3.70. The fraction of sp³-hybridized carbons (Fsp3) is 0.571. The Morgan fingerprint density at radius 2 is 2.05 bits per heavy atom. The molecule has 1 aromatic rings. The molecule has 1 saturated heterocycles. The molecule has 0 aliphatic carbocycles. The zero-order chi connectivity index (χ0) is 13.7. The maximum atomic E-state index is 12.1. The fourth-order valence-electron chi connectivity index (χ4n) is 2.40. The van der Waals surface area contributed by atoms with Gasteiger partial charge in [0, 0.05) is 6.04 Å². The summed E-state index contributed by atoms with van der Waals surface area (Å²) in [5, 5.41) is 6.77. The molecule has 1 unspecified atom stereocenters. The van der Waals surface area contributed by atoms with Gasteiger partial charge in [-0.2, -0.15) is 0 Å². The number of para-hydroxylation sites is 1. The van der Waals surface area contributed by atoms with Crippen LogP contribution in [-0.4, -0.2) is 33.3 Å². The Morgan fingerprint density at radius 1 is 1.26 bits per heavy atom. The Morgan fingerprint density at radius 3 is 2.84 bits per heavy atom. The van der Waals surface area contributed by atoms with Crippen LogP contribution in [0.2, 0.25) is 0 Å². The van der Waals surface area contributed by atoms with Crippen LogP contribution < -0.4 is 10.6 Å². The molecular weight excluding hydrogens is 260 g/mol. The number of sulfone groups is 1. The number of hydrogen-bond acceptors (Lipinski definition) is 4. The van der Waals surface area contributed by atoms with Crippen molar-refractivity contribution in [2.24, 2.45) is 0 Å². The van der Waals surface area contributed by atoms with Gasteiger partial charge in [-0.3, -0.25) is 0 Å². The Hall–Kier alpha value is -1.07. The molecule has 0 saturated carbocycles. The second-order valence-corrected chi connectivity index (χ2v) is 7.17. The maximum absolute atomic E-state index is 12.1. The van der Waals surface area contributed by atoms with E-state index in [9.17, 15) is 8.42 Å². The predicted molar refractivity (Wildman–Crippen MR) is 78.3 cm³/mol. The van der Waals surface area contributed by atoms with Crippen LogP contribution in [0, 0.1) is 0 Å². The minimum atomic E-state index is -3.17. The van der Waals surface area contributed by atoms with E-state index in [1.165, 1.54) is 0 Å². The molecule has 0 amide bonds. The highest BCUT2D eigenvalue weighted by atomic mass is 32.2. The second kappa shape index (κ2) is 6.39. The van der Waals surface area contributed by atoms with Crippen molar-refractivity contribution in [2.45, 2.75) is 37.1 Å². The minimum Gasteiger partial charge on any atom is -0.381 e. The molecule has 0 radical (unpaired) electrons. The van der Waals surface area contributed by atoms with Gasteiger partial charge in [0.1, 0.15) is 0 Å². The molecule has 1 heterocycles. The molecule has 0 bridgehead atoms. The first-order valence-electron chi connectivity index (χ1n) is 6.92. The van der Waals surface area contributed by atoms with Crippen molar-refractivity contribution in [3.8, 4) is 0 Å². The van der Waals surface area contributed by atoms with E-state index in [2.05, 4.69) is 10.6 Å². The van der Waals surface area contributed by atoms with Crippen molar-refractivity contribution in [2.75, 3.05) is 24.2 Å². The van der Waals surface area contributed by atoms with Gasteiger partial charge in [0.15, 0.2) is 9.84 Å². The molecule has 4 nitrogen and oxygen atoms in total. The van der Waals surface area contributed by atoms with E-state index in [4.69, 9.17) is 0 Å². The average molecular weight is 282 g/mol. The summed E-state index contributed by atoms with van der Waals surface area (Å²) in [7, 11) is -3.17. The Bertz CT molecular complexity index is 506. The van der Waals surface area contributed by atoms with Crippen molar-refractivity contribution >= 4 is 15.5 Å². The molecule has 0 aromatic heterocycles. The summed E-state index contributed by atoms with van der Waals surface area (Å²) < 4.78 is 24.2. The zero-order valence-electron chi connectivity index (χ0n) is 11.4. The largest absolute Gasteiger partial charge is 0.381 e. The molecule has 1 atom stereocenters. The summed E-state index contributed by atoms with van der Waals surface area (Å²) in [5.41, 5.74) is 0.747.